The highest BCUT2D eigenvalue weighted by molar-refractivity contribution is 7.88. The predicted octanol–water partition coefficient (Wildman–Crippen LogP) is 0.989. The first-order chi connectivity index (χ1) is 5.22. The van der Waals surface area contributed by atoms with E-state index in [-0.39, 0.29) is 6.29 Å². The van der Waals surface area contributed by atoms with Gasteiger partial charge in [0.1, 0.15) is 5.76 Å². The molecule has 0 saturated heterocycles. The van der Waals surface area contributed by atoms with Crippen molar-refractivity contribution in [2.24, 2.45) is 0 Å². The zero-order chi connectivity index (χ0) is 8.27. The van der Waals surface area contributed by atoms with Crippen LogP contribution in [0.4, 0.5) is 0 Å². The Morgan fingerprint density at radius 3 is 3.18 bits per heavy atom. The Labute approximate surface area is 68.8 Å². The average molecular weight is 176 g/mol. The highest BCUT2D eigenvalue weighted by atomic mass is 32.2. The number of hydrogen-bond acceptors (Lipinski definition) is 3. The lowest BCUT2D eigenvalue weighted by Crippen LogP contribution is -2.26. The monoisotopic (exact) mass is 176 g/mol. The second kappa shape index (κ2) is 3.88. The van der Waals surface area contributed by atoms with Gasteiger partial charge < -0.3 is 9.47 Å². The van der Waals surface area contributed by atoms with Crippen LogP contribution in [-0.4, -0.2) is 22.9 Å². The van der Waals surface area contributed by atoms with Gasteiger partial charge in [-0.05, 0) is 13.8 Å². The molecule has 0 amide bonds. The predicted molar refractivity (Wildman–Crippen MR) is 43.3 cm³/mol. The summed E-state index contributed by atoms with van der Waals surface area (Å²) in [6.45, 7) is 4.26. The summed E-state index contributed by atoms with van der Waals surface area (Å²) in [5, 5.41) is 1.61. The van der Waals surface area contributed by atoms with Gasteiger partial charge in [-0.25, -0.2) is 0 Å². The lowest BCUT2D eigenvalue weighted by molar-refractivity contribution is -0.0969. The van der Waals surface area contributed by atoms with Gasteiger partial charge in [0.25, 0.3) is 0 Å². The molecular formula is C7H12O3S. The molecule has 0 aromatic carbocycles. The van der Waals surface area contributed by atoms with Crippen LogP contribution >= 0.6 is 0 Å². The first-order valence-corrected chi connectivity index (χ1v) is 4.94. The summed E-state index contributed by atoms with van der Waals surface area (Å²) in [6, 6.07) is 0. The van der Waals surface area contributed by atoms with Crippen LogP contribution in [0.3, 0.4) is 0 Å². The highest BCUT2D eigenvalue weighted by Crippen LogP contribution is 2.12. The minimum absolute atomic E-state index is 0.314. The van der Waals surface area contributed by atoms with Crippen LogP contribution in [0, 0.1) is 0 Å². The van der Waals surface area contributed by atoms with Crippen molar-refractivity contribution in [2.75, 3.05) is 12.4 Å². The van der Waals surface area contributed by atoms with Gasteiger partial charge in [-0.3, -0.25) is 4.21 Å². The van der Waals surface area contributed by atoms with Gasteiger partial charge in [-0.2, -0.15) is 0 Å². The van der Waals surface area contributed by atoms with E-state index in [0.29, 0.717) is 18.1 Å². The Hall–Kier alpha value is -0.350. The summed E-state index contributed by atoms with van der Waals surface area (Å²) in [5.74, 6) is 1.14. The summed E-state index contributed by atoms with van der Waals surface area (Å²) in [7, 11) is -0.914. The van der Waals surface area contributed by atoms with Gasteiger partial charge in [-0.15, -0.1) is 0 Å². The average Bonchev–Trinajstić information content (AvgIpc) is 1.85. The van der Waals surface area contributed by atoms with Crippen molar-refractivity contribution in [2.45, 2.75) is 20.1 Å². The number of ether oxygens (including phenoxy) is 2. The van der Waals surface area contributed by atoms with Crippen molar-refractivity contribution >= 4 is 10.8 Å². The third-order valence-electron chi connectivity index (χ3n) is 1.27. The Balaban J connectivity index is 2.50. The number of allylic oxidation sites excluding steroid dienone is 1. The van der Waals surface area contributed by atoms with Crippen molar-refractivity contribution in [1.29, 1.82) is 0 Å². The normalized spacial score (nSPS) is 30.9. The van der Waals surface area contributed by atoms with E-state index in [2.05, 4.69) is 0 Å². The van der Waals surface area contributed by atoms with Gasteiger partial charge in [-0.1, -0.05) is 0 Å². The van der Waals surface area contributed by atoms with E-state index in [0.717, 1.165) is 0 Å². The van der Waals surface area contributed by atoms with Gasteiger partial charge in [0, 0.05) is 12.0 Å². The molecule has 0 bridgehead atoms. The van der Waals surface area contributed by atoms with Crippen molar-refractivity contribution in [3.05, 3.63) is 11.2 Å². The lowest BCUT2D eigenvalue weighted by atomic mass is 10.6. The van der Waals surface area contributed by atoms with Crippen molar-refractivity contribution in [3.63, 3.8) is 0 Å². The SMILES string of the molecule is CCO[C@@H]1CS(=O)C=C(C)O1. The molecule has 0 saturated carbocycles. The van der Waals surface area contributed by atoms with Crippen molar-refractivity contribution < 1.29 is 13.7 Å². The van der Waals surface area contributed by atoms with E-state index in [1.54, 1.807) is 12.3 Å². The molecule has 1 heterocycles. The quantitative estimate of drug-likeness (QED) is 0.629. The summed E-state index contributed by atoms with van der Waals surface area (Å²) >= 11 is 0. The Morgan fingerprint density at radius 2 is 2.64 bits per heavy atom. The van der Waals surface area contributed by atoms with E-state index in [9.17, 15) is 4.21 Å². The van der Waals surface area contributed by atoms with Crippen molar-refractivity contribution in [1.82, 2.24) is 0 Å². The molecule has 4 heteroatoms. The lowest BCUT2D eigenvalue weighted by Gasteiger charge is -2.21. The Kier molecular flexibility index (Phi) is 3.08. The van der Waals surface area contributed by atoms with E-state index in [1.165, 1.54) is 0 Å². The van der Waals surface area contributed by atoms with Gasteiger partial charge in [0.2, 0.25) is 6.29 Å². The van der Waals surface area contributed by atoms with Crippen LogP contribution in [0.1, 0.15) is 13.8 Å². The maximum absolute atomic E-state index is 11.0. The van der Waals surface area contributed by atoms with Gasteiger partial charge in [0.15, 0.2) is 0 Å². The topological polar surface area (TPSA) is 35.5 Å². The Bertz CT molecular complexity index is 188. The smallest absolute Gasteiger partial charge is 0.211 e. The third-order valence-corrected chi connectivity index (χ3v) is 2.46. The largest absolute Gasteiger partial charge is 0.468 e. The molecule has 0 aromatic rings. The van der Waals surface area contributed by atoms with Crippen LogP contribution in [0.15, 0.2) is 11.2 Å². The van der Waals surface area contributed by atoms with E-state index in [1.807, 2.05) is 6.92 Å². The molecule has 1 rings (SSSR count). The molecule has 11 heavy (non-hydrogen) atoms. The molecule has 0 radical (unpaired) electrons. The molecule has 3 nitrogen and oxygen atoms in total. The van der Waals surface area contributed by atoms with Crippen LogP contribution in [0.25, 0.3) is 0 Å². The van der Waals surface area contributed by atoms with E-state index < -0.39 is 10.8 Å². The zero-order valence-corrected chi connectivity index (χ0v) is 7.52. The maximum atomic E-state index is 11.0. The molecular weight excluding hydrogens is 164 g/mol. The molecule has 0 spiro atoms. The molecule has 1 unspecified atom stereocenters. The summed E-state index contributed by atoms with van der Waals surface area (Å²) in [6.07, 6.45) is -0.314. The zero-order valence-electron chi connectivity index (χ0n) is 6.70. The fraction of sp³-hybridized carbons (Fsp3) is 0.714. The second-order valence-corrected chi connectivity index (χ2v) is 3.61. The number of rotatable bonds is 2. The van der Waals surface area contributed by atoms with Crippen LogP contribution < -0.4 is 0 Å². The maximum Gasteiger partial charge on any atom is 0.211 e. The molecule has 0 N–H and O–H groups in total. The first-order valence-electron chi connectivity index (χ1n) is 3.56. The van der Waals surface area contributed by atoms with Crippen LogP contribution in [-0.2, 0) is 20.3 Å². The molecule has 0 fully saturated rings. The minimum atomic E-state index is -0.914. The Morgan fingerprint density at radius 1 is 1.91 bits per heavy atom. The van der Waals surface area contributed by atoms with E-state index >= 15 is 0 Å². The van der Waals surface area contributed by atoms with Gasteiger partial charge >= 0.3 is 0 Å². The van der Waals surface area contributed by atoms with Gasteiger partial charge in [0.05, 0.1) is 16.6 Å². The standard InChI is InChI=1S/C7H12O3S/c1-3-9-7-5-11(8)4-6(2)10-7/h4,7H,3,5H2,1-2H3/t7-,11?/m0/s1. The second-order valence-electron chi connectivity index (χ2n) is 2.28. The number of hydrogen-bond donors (Lipinski definition) is 0. The fourth-order valence-electron chi connectivity index (χ4n) is 0.905. The summed E-state index contributed by atoms with van der Waals surface area (Å²) in [5.41, 5.74) is 0. The molecule has 0 aliphatic carbocycles. The summed E-state index contributed by atoms with van der Waals surface area (Å²) < 4.78 is 21.4. The first kappa shape index (κ1) is 8.74. The molecule has 2 atom stereocenters. The fourth-order valence-corrected chi connectivity index (χ4v) is 1.86. The van der Waals surface area contributed by atoms with Crippen molar-refractivity contribution in [3.8, 4) is 0 Å². The molecule has 1 aliphatic rings. The molecule has 64 valence electrons. The van der Waals surface area contributed by atoms with Crippen LogP contribution in [0.5, 0.6) is 0 Å². The van der Waals surface area contributed by atoms with E-state index in [4.69, 9.17) is 9.47 Å². The molecule has 0 aromatic heterocycles. The molecule has 1 aliphatic heterocycles. The minimum Gasteiger partial charge on any atom is -0.468 e. The highest BCUT2D eigenvalue weighted by Gasteiger charge is 2.18. The van der Waals surface area contributed by atoms with Crippen LogP contribution in [0.2, 0.25) is 0 Å². The summed E-state index contributed by atoms with van der Waals surface area (Å²) in [4.78, 5) is 0. The third kappa shape index (κ3) is 2.63.